The molecule has 0 radical (unpaired) electrons. The minimum absolute atomic E-state index is 0.0633. The lowest BCUT2D eigenvalue weighted by molar-refractivity contribution is 0.0984. The smallest absolute Gasteiger partial charge is 0.259 e. The number of ether oxygens (including phenoxy) is 1. The molecule has 0 saturated heterocycles. The van der Waals surface area contributed by atoms with Gasteiger partial charge in [0.1, 0.15) is 17.2 Å². The number of para-hydroxylation sites is 1. The Morgan fingerprint density at radius 3 is 2.44 bits per heavy atom. The predicted octanol–water partition coefficient (Wildman–Crippen LogP) is 4.22. The first kappa shape index (κ1) is 15.7. The van der Waals surface area contributed by atoms with Crippen molar-refractivity contribution in [2.24, 2.45) is 0 Å². The monoisotopic (exact) mass is 352 g/mol. The molecular weight excluding hydrogens is 336 g/mol. The average molecular weight is 352 g/mol. The van der Waals surface area contributed by atoms with Crippen LogP contribution in [-0.4, -0.2) is 13.0 Å². The summed E-state index contributed by atoms with van der Waals surface area (Å²) in [5, 5.41) is 10.2. The Bertz CT molecular complexity index is 1110. The van der Waals surface area contributed by atoms with Gasteiger partial charge in [0.05, 0.1) is 18.9 Å². The normalized spacial score (nSPS) is 22.0. The van der Waals surface area contributed by atoms with Crippen LogP contribution >= 0.6 is 0 Å². The Morgan fingerprint density at radius 2 is 1.70 bits per heavy atom. The molecule has 3 aromatic rings. The lowest BCUT2D eigenvalue weighted by atomic mass is 9.73. The quantitative estimate of drug-likeness (QED) is 0.694. The first-order chi connectivity index (χ1) is 13.2. The number of fused-ring (bicyclic) bond motifs is 5. The second kappa shape index (κ2) is 5.46. The highest BCUT2D eigenvalue weighted by Gasteiger charge is 2.61. The van der Waals surface area contributed by atoms with E-state index in [0.717, 1.165) is 28.1 Å². The van der Waals surface area contributed by atoms with Crippen LogP contribution in [-0.2, 0) is 5.54 Å². The van der Waals surface area contributed by atoms with Gasteiger partial charge in [-0.2, -0.15) is 5.26 Å². The van der Waals surface area contributed by atoms with Crippen molar-refractivity contribution in [2.45, 2.75) is 11.5 Å². The minimum Gasteiger partial charge on any atom is -0.497 e. The third kappa shape index (κ3) is 1.78. The SMILES string of the molecule is COc1ccc([C@@]23c4ccccc4C(=O)N2c2ccccc2[C@@H]3C#N)cc1. The molecule has 5 rings (SSSR count). The van der Waals surface area contributed by atoms with Crippen LogP contribution in [0.4, 0.5) is 5.69 Å². The molecule has 2 aliphatic heterocycles. The Labute approximate surface area is 157 Å². The molecule has 1 amide bonds. The lowest BCUT2D eigenvalue weighted by Gasteiger charge is -2.36. The van der Waals surface area contributed by atoms with E-state index < -0.39 is 11.5 Å². The number of anilines is 1. The van der Waals surface area contributed by atoms with Crippen LogP contribution in [0.25, 0.3) is 0 Å². The maximum atomic E-state index is 13.4. The number of benzene rings is 3. The average Bonchev–Trinajstić information content (AvgIpc) is 3.17. The van der Waals surface area contributed by atoms with Gasteiger partial charge in [-0.05, 0) is 41.0 Å². The van der Waals surface area contributed by atoms with E-state index in [0.29, 0.717) is 5.56 Å². The molecule has 4 nitrogen and oxygen atoms in total. The molecule has 130 valence electrons. The van der Waals surface area contributed by atoms with Crippen LogP contribution in [0.15, 0.2) is 72.8 Å². The van der Waals surface area contributed by atoms with Crippen molar-refractivity contribution in [3.63, 3.8) is 0 Å². The van der Waals surface area contributed by atoms with Gasteiger partial charge in [0, 0.05) is 5.56 Å². The molecule has 0 aliphatic carbocycles. The van der Waals surface area contributed by atoms with Crippen molar-refractivity contribution in [2.75, 3.05) is 12.0 Å². The third-order valence-electron chi connectivity index (χ3n) is 5.69. The standard InChI is InChI=1S/C23H16N2O2/c1-27-16-12-10-15(11-13-16)23-19-8-4-2-7-18(19)22(26)25(23)21-9-5-3-6-17(21)20(23)14-24/h2-13,20H,1H3/t20-,23-/m0/s1. The Kier molecular flexibility index (Phi) is 3.16. The largest absolute Gasteiger partial charge is 0.497 e. The fourth-order valence-electron chi connectivity index (χ4n) is 4.61. The van der Waals surface area contributed by atoms with Crippen molar-refractivity contribution in [1.29, 1.82) is 5.26 Å². The maximum Gasteiger partial charge on any atom is 0.259 e. The fraction of sp³-hybridized carbons (Fsp3) is 0.130. The second-order valence-corrected chi connectivity index (χ2v) is 6.80. The van der Waals surface area contributed by atoms with Crippen LogP contribution in [0.5, 0.6) is 5.75 Å². The number of amides is 1. The molecular formula is C23H16N2O2. The van der Waals surface area contributed by atoms with Gasteiger partial charge < -0.3 is 4.74 Å². The number of nitriles is 1. The zero-order chi connectivity index (χ0) is 18.6. The predicted molar refractivity (Wildman–Crippen MR) is 102 cm³/mol. The molecule has 0 fully saturated rings. The summed E-state index contributed by atoms with van der Waals surface area (Å²) in [6, 6.07) is 25.5. The van der Waals surface area contributed by atoms with Gasteiger partial charge in [0.2, 0.25) is 0 Å². The van der Waals surface area contributed by atoms with Gasteiger partial charge in [-0.15, -0.1) is 0 Å². The molecule has 2 aliphatic rings. The molecule has 0 saturated carbocycles. The Balaban J connectivity index is 1.88. The topological polar surface area (TPSA) is 53.3 Å². The van der Waals surface area contributed by atoms with Crippen LogP contribution in [0.3, 0.4) is 0 Å². The lowest BCUT2D eigenvalue weighted by Crippen LogP contribution is -2.44. The van der Waals surface area contributed by atoms with Crippen LogP contribution in [0.1, 0.15) is 33.0 Å². The second-order valence-electron chi connectivity index (χ2n) is 6.80. The first-order valence-corrected chi connectivity index (χ1v) is 8.80. The van der Waals surface area contributed by atoms with Crippen LogP contribution in [0.2, 0.25) is 0 Å². The van der Waals surface area contributed by atoms with Gasteiger partial charge in [-0.25, -0.2) is 0 Å². The van der Waals surface area contributed by atoms with Crippen LogP contribution < -0.4 is 9.64 Å². The summed E-state index contributed by atoms with van der Waals surface area (Å²) in [5.74, 6) is 0.185. The van der Waals surface area contributed by atoms with Crippen molar-refractivity contribution < 1.29 is 9.53 Å². The molecule has 0 spiro atoms. The number of hydrogen-bond acceptors (Lipinski definition) is 3. The zero-order valence-corrected chi connectivity index (χ0v) is 14.7. The first-order valence-electron chi connectivity index (χ1n) is 8.80. The molecule has 0 N–H and O–H groups in total. The fourth-order valence-corrected chi connectivity index (χ4v) is 4.61. The molecule has 0 unspecified atom stereocenters. The van der Waals surface area contributed by atoms with E-state index in [1.807, 2.05) is 77.7 Å². The number of carbonyl (C=O) groups excluding carboxylic acids is 1. The van der Waals surface area contributed by atoms with Crippen molar-refractivity contribution >= 4 is 11.6 Å². The summed E-state index contributed by atoms with van der Waals surface area (Å²) in [7, 11) is 1.62. The highest BCUT2D eigenvalue weighted by atomic mass is 16.5. The van der Waals surface area contributed by atoms with Gasteiger partial charge in [-0.3, -0.25) is 9.69 Å². The Morgan fingerprint density at radius 1 is 1.00 bits per heavy atom. The van der Waals surface area contributed by atoms with Crippen molar-refractivity contribution in [3.05, 3.63) is 95.1 Å². The molecule has 2 heterocycles. The molecule has 0 bridgehead atoms. The van der Waals surface area contributed by atoms with E-state index in [-0.39, 0.29) is 5.91 Å². The molecule has 0 aromatic heterocycles. The number of rotatable bonds is 2. The Hall–Kier alpha value is -3.58. The number of carbonyl (C=O) groups is 1. The molecule has 3 aromatic carbocycles. The summed E-state index contributed by atoms with van der Waals surface area (Å²) in [5.41, 5.74) is 3.27. The van der Waals surface area contributed by atoms with Crippen molar-refractivity contribution in [3.8, 4) is 11.8 Å². The van der Waals surface area contributed by atoms with E-state index in [1.54, 1.807) is 7.11 Å². The zero-order valence-electron chi connectivity index (χ0n) is 14.7. The van der Waals surface area contributed by atoms with Gasteiger partial charge >= 0.3 is 0 Å². The van der Waals surface area contributed by atoms with Gasteiger partial charge in [-0.1, -0.05) is 48.5 Å². The van der Waals surface area contributed by atoms with E-state index in [2.05, 4.69) is 6.07 Å². The van der Waals surface area contributed by atoms with E-state index in [4.69, 9.17) is 4.74 Å². The van der Waals surface area contributed by atoms with Gasteiger partial charge in [0.15, 0.2) is 0 Å². The van der Waals surface area contributed by atoms with E-state index in [1.165, 1.54) is 0 Å². The van der Waals surface area contributed by atoms with Gasteiger partial charge in [0.25, 0.3) is 5.91 Å². The van der Waals surface area contributed by atoms with E-state index >= 15 is 0 Å². The highest BCUT2D eigenvalue weighted by Crippen LogP contribution is 2.60. The number of hydrogen-bond donors (Lipinski definition) is 0. The van der Waals surface area contributed by atoms with E-state index in [9.17, 15) is 10.1 Å². The molecule has 4 heteroatoms. The molecule has 2 atom stereocenters. The third-order valence-corrected chi connectivity index (χ3v) is 5.69. The molecule has 27 heavy (non-hydrogen) atoms. The number of nitrogens with zero attached hydrogens (tertiary/aromatic N) is 2. The summed E-state index contributed by atoms with van der Waals surface area (Å²) < 4.78 is 5.30. The van der Waals surface area contributed by atoms with Crippen LogP contribution in [0, 0.1) is 11.3 Å². The summed E-state index contributed by atoms with van der Waals surface area (Å²) in [6.45, 7) is 0. The van der Waals surface area contributed by atoms with Crippen molar-refractivity contribution in [1.82, 2.24) is 0 Å². The maximum absolute atomic E-state index is 13.4. The summed E-state index contributed by atoms with van der Waals surface area (Å²) in [4.78, 5) is 15.2. The minimum atomic E-state index is -0.863. The summed E-state index contributed by atoms with van der Waals surface area (Å²) >= 11 is 0. The number of methoxy groups -OCH3 is 1. The highest BCUT2D eigenvalue weighted by molar-refractivity contribution is 6.15. The summed E-state index contributed by atoms with van der Waals surface area (Å²) in [6.07, 6.45) is 0.